The molecule has 1 aliphatic heterocycles. The molecule has 112 valence electrons. The first-order valence-electron chi connectivity index (χ1n) is 4.92. The second-order valence-electron chi connectivity index (χ2n) is 3.79. The van der Waals surface area contributed by atoms with Gasteiger partial charge < -0.3 is 4.90 Å². The molecule has 10 heteroatoms. The smallest absolute Gasteiger partial charge is 0.344 e. The van der Waals surface area contributed by atoms with Crippen molar-refractivity contribution in [1.82, 2.24) is 4.90 Å². The van der Waals surface area contributed by atoms with Gasteiger partial charge >= 0.3 is 12.4 Å². The van der Waals surface area contributed by atoms with Crippen molar-refractivity contribution in [2.24, 2.45) is 0 Å². The van der Waals surface area contributed by atoms with E-state index in [0.29, 0.717) is 16.7 Å². The Morgan fingerprint density at radius 1 is 1.05 bits per heavy atom. The molecule has 0 fully saturated rings. The summed E-state index contributed by atoms with van der Waals surface area (Å²) >= 11 is 0.496. The Morgan fingerprint density at radius 3 is 1.70 bits per heavy atom. The van der Waals surface area contributed by atoms with E-state index in [1.165, 1.54) is 13.1 Å². The highest BCUT2D eigenvalue weighted by Gasteiger charge is 2.52. The number of nitrogens with zero attached hydrogens (tertiary/aromatic N) is 1. The Bertz CT molecular complexity index is 489. The molecule has 0 atom stereocenters. The highest BCUT2D eigenvalue weighted by Crippen LogP contribution is 2.40. The van der Waals surface area contributed by atoms with Gasteiger partial charge in [0.15, 0.2) is 0 Å². The lowest BCUT2D eigenvalue weighted by molar-refractivity contribution is -0.175. The molecular weight excluding hydrogens is 312 g/mol. The Balaban J connectivity index is 3.42. The van der Waals surface area contributed by atoms with Crippen LogP contribution in [0.3, 0.4) is 0 Å². The lowest BCUT2D eigenvalue weighted by Crippen LogP contribution is -2.36. The van der Waals surface area contributed by atoms with Gasteiger partial charge in [0.05, 0.1) is 5.03 Å². The summed E-state index contributed by atoms with van der Waals surface area (Å²) in [7, 11) is 1.14. The quantitative estimate of drug-likeness (QED) is 0.339. The maximum absolute atomic E-state index is 12.4. The highest BCUT2D eigenvalue weighted by atomic mass is 32.2. The van der Waals surface area contributed by atoms with Crippen LogP contribution in [-0.4, -0.2) is 35.9 Å². The van der Waals surface area contributed by atoms with Crippen molar-refractivity contribution in [2.75, 3.05) is 7.05 Å². The SMILES string of the molecule is CC1=CN(C)C(=C(C(=O)C(F)(F)F)C(=O)C(F)(F)F)S1. The van der Waals surface area contributed by atoms with E-state index in [1.807, 2.05) is 0 Å². The summed E-state index contributed by atoms with van der Waals surface area (Å²) in [4.78, 5) is 23.5. The largest absolute Gasteiger partial charge is 0.455 e. The van der Waals surface area contributed by atoms with Gasteiger partial charge in [-0.15, -0.1) is 0 Å². The standard InChI is InChI=1S/C10H7F6NO2S/c1-4-3-17(2)8(20-4)5(6(18)9(11,12)13)7(19)10(14,15)16/h3H,1-2H3. The average Bonchev–Trinajstić information content (AvgIpc) is 2.55. The van der Waals surface area contributed by atoms with E-state index in [2.05, 4.69) is 0 Å². The minimum Gasteiger partial charge on any atom is -0.344 e. The predicted octanol–water partition coefficient (Wildman–Crippen LogP) is 3.00. The van der Waals surface area contributed by atoms with Crippen LogP contribution in [0.25, 0.3) is 0 Å². The number of halogens is 6. The number of thioether (sulfide) groups is 1. The highest BCUT2D eigenvalue weighted by molar-refractivity contribution is 8.06. The minimum atomic E-state index is -5.57. The van der Waals surface area contributed by atoms with Crippen molar-refractivity contribution in [2.45, 2.75) is 19.3 Å². The number of allylic oxidation sites excluding steroid dienone is 2. The van der Waals surface area contributed by atoms with Crippen LogP contribution in [0, 0.1) is 0 Å². The van der Waals surface area contributed by atoms with Gasteiger partial charge in [0, 0.05) is 18.2 Å². The van der Waals surface area contributed by atoms with Crippen LogP contribution in [0.4, 0.5) is 26.3 Å². The topological polar surface area (TPSA) is 37.4 Å². The van der Waals surface area contributed by atoms with Gasteiger partial charge in [0.25, 0.3) is 11.6 Å². The molecule has 0 saturated heterocycles. The summed E-state index contributed by atoms with van der Waals surface area (Å²) in [6, 6.07) is 0. The Hall–Kier alpha value is -1.45. The molecule has 1 aliphatic rings. The van der Waals surface area contributed by atoms with E-state index in [9.17, 15) is 35.9 Å². The van der Waals surface area contributed by atoms with Crippen molar-refractivity contribution < 1.29 is 35.9 Å². The molecule has 0 aromatic heterocycles. The molecule has 1 heterocycles. The normalized spacial score (nSPS) is 16.3. The third-order valence-electron chi connectivity index (χ3n) is 2.14. The second kappa shape index (κ2) is 5.15. The van der Waals surface area contributed by atoms with Crippen LogP contribution in [0.5, 0.6) is 0 Å². The van der Waals surface area contributed by atoms with Gasteiger partial charge in [-0.1, -0.05) is 11.8 Å². The number of ketones is 2. The molecule has 20 heavy (non-hydrogen) atoms. The zero-order valence-corrected chi connectivity index (χ0v) is 10.8. The third-order valence-corrected chi connectivity index (χ3v) is 3.25. The van der Waals surface area contributed by atoms with Crippen molar-refractivity contribution in [3.8, 4) is 0 Å². The second-order valence-corrected chi connectivity index (χ2v) is 5.02. The lowest BCUT2D eigenvalue weighted by atomic mass is 10.1. The number of carbonyl (C=O) groups is 2. The van der Waals surface area contributed by atoms with Crippen LogP contribution in [0.15, 0.2) is 21.7 Å². The molecule has 0 amide bonds. The van der Waals surface area contributed by atoms with E-state index in [-0.39, 0.29) is 0 Å². The van der Waals surface area contributed by atoms with Crippen molar-refractivity contribution >= 4 is 23.3 Å². The number of alkyl halides is 6. The van der Waals surface area contributed by atoms with Gasteiger partial charge in [0.1, 0.15) is 5.57 Å². The van der Waals surface area contributed by atoms with Crippen LogP contribution >= 0.6 is 11.8 Å². The summed E-state index contributed by atoms with van der Waals surface area (Å²) in [5.41, 5.74) is -1.91. The average molecular weight is 319 g/mol. The molecule has 1 rings (SSSR count). The van der Waals surface area contributed by atoms with E-state index in [4.69, 9.17) is 0 Å². The van der Waals surface area contributed by atoms with Gasteiger partial charge in [0.2, 0.25) is 0 Å². The molecule has 0 unspecified atom stereocenters. The fourth-order valence-corrected chi connectivity index (χ4v) is 2.39. The molecule has 0 saturated carbocycles. The molecule has 3 nitrogen and oxygen atoms in total. The molecule has 0 bridgehead atoms. The van der Waals surface area contributed by atoms with Gasteiger partial charge in [-0.25, -0.2) is 0 Å². The Morgan fingerprint density at radius 2 is 1.45 bits per heavy atom. The summed E-state index contributed by atoms with van der Waals surface area (Å²) in [6.45, 7) is 1.42. The molecule has 0 aromatic carbocycles. The maximum Gasteiger partial charge on any atom is 0.455 e. The van der Waals surface area contributed by atoms with Gasteiger partial charge in [-0.05, 0) is 6.92 Å². The number of Topliss-reactive ketones (excluding diaryl/α,β-unsaturated/α-hetero) is 2. The van der Waals surface area contributed by atoms with Crippen LogP contribution in [-0.2, 0) is 9.59 Å². The number of carbonyl (C=O) groups excluding carboxylic acids is 2. The van der Waals surface area contributed by atoms with E-state index >= 15 is 0 Å². The van der Waals surface area contributed by atoms with Crippen molar-refractivity contribution in [3.05, 3.63) is 21.7 Å². The molecule has 0 spiro atoms. The molecular formula is C10H7F6NO2S. The van der Waals surface area contributed by atoms with Crippen LogP contribution in [0.2, 0.25) is 0 Å². The van der Waals surface area contributed by atoms with Gasteiger partial charge in [-0.3, -0.25) is 9.59 Å². The zero-order valence-electron chi connectivity index (χ0n) is 10.0. The number of rotatable bonds is 2. The zero-order chi connectivity index (χ0) is 15.9. The van der Waals surface area contributed by atoms with Crippen molar-refractivity contribution in [1.29, 1.82) is 0 Å². The molecule has 0 aromatic rings. The minimum absolute atomic E-state index is 0.352. The summed E-state index contributed by atoms with van der Waals surface area (Å²) in [5, 5.41) is -0.688. The molecule has 0 aliphatic carbocycles. The van der Waals surface area contributed by atoms with Crippen LogP contribution < -0.4 is 0 Å². The third kappa shape index (κ3) is 3.35. The van der Waals surface area contributed by atoms with Crippen LogP contribution in [0.1, 0.15) is 6.92 Å². The molecule has 0 radical (unpaired) electrons. The summed E-state index contributed by atoms with van der Waals surface area (Å²) < 4.78 is 74.3. The summed E-state index contributed by atoms with van der Waals surface area (Å²) in [5.74, 6) is -5.62. The number of hydrogen-bond donors (Lipinski definition) is 0. The van der Waals surface area contributed by atoms with E-state index in [0.717, 1.165) is 11.9 Å². The van der Waals surface area contributed by atoms with E-state index < -0.39 is 34.5 Å². The first kappa shape index (κ1) is 16.6. The van der Waals surface area contributed by atoms with Gasteiger partial charge in [-0.2, -0.15) is 26.3 Å². The summed E-state index contributed by atoms with van der Waals surface area (Å²) in [6.07, 6.45) is -9.92. The van der Waals surface area contributed by atoms with Crippen molar-refractivity contribution in [3.63, 3.8) is 0 Å². The number of hydrogen-bond acceptors (Lipinski definition) is 4. The fraction of sp³-hybridized carbons (Fsp3) is 0.400. The first-order chi connectivity index (χ1) is 8.85. The monoisotopic (exact) mass is 319 g/mol. The fourth-order valence-electron chi connectivity index (χ4n) is 1.39. The lowest BCUT2D eigenvalue weighted by Gasteiger charge is -2.17. The first-order valence-corrected chi connectivity index (χ1v) is 5.73. The molecule has 0 N–H and O–H groups in total. The maximum atomic E-state index is 12.4. The predicted molar refractivity (Wildman–Crippen MR) is 58.3 cm³/mol. The van der Waals surface area contributed by atoms with E-state index in [1.54, 1.807) is 0 Å². The Labute approximate surface area is 113 Å². The Kier molecular flexibility index (Phi) is 4.28.